The number of aliphatic hydroxyl groups is 1. The lowest BCUT2D eigenvalue weighted by Gasteiger charge is -2.26. The third-order valence-electron chi connectivity index (χ3n) is 3.02. The van der Waals surface area contributed by atoms with E-state index < -0.39 is 6.10 Å². The predicted molar refractivity (Wildman–Crippen MR) is 57.6 cm³/mol. The molecule has 2 rings (SSSR count). The number of nitrogens with zero attached hydrogens (tertiary/aromatic N) is 4. The van der Waals surface area contributed by atoms with Crippen LogP contribution in [0.5, 0.6) is 0 Å². The molecule has 0 spiro atoms. The van der Waals surface area contributed by atoms with Gasteiger partial charge in [-0.1, -0.05) is 11.6 Å². The minimum Gasteiger partial charge on any atom is -0.391 e. The molecule has 0 radical (unpaired) electrons. The van der Waals surface area contributed by atoms with Gasteiger partial charge in [0.1, 0.15) is 5.69 Å². The predicted octanol–water partition coefficient (Wildman–Crippen LogP) is 0.992. The molecule has 1 fully saturated rings. The highest BCUT2D eigenvalue weighted by atomic mass is 16.3. The summed E-state index contributed by atoms with van der Waals surface area (Å²) in [7, 11) is 0. The van der Waals surface area contributed by atoms with Gasteiger partial charge < -0.3 is 5.11 Å². The van der Waals surface area contributed by atoms with Crippen molar-refractivity contribution in [1.82, 2.24) is 15.0 Å². The second kappa shape index (κ2) is 4.62. The zero-order chi connectivity index (χ0) is 11.5. The van der Waals surface area contributed by atoms with E-state index in [0.29, 0.717) is 18.9 Å². The van der Waals surface area contributed by atoms with Crippen LogP contribution >= 0.6 is 0 Å². The summed E-state index contributed by atoms with van der Waals surface area (Å²) in [6.07, 6.45) is 3.40. The number of aromatic nitrogens is 3. The fourth-order valence-corrected chi connectivity index (χ4v) is 2.07. The standard InChI is InChI=1S/C11H16N4O/c1-8(16)7-15-11(9-3-2-4-9)10(5-6-12)13-14-15/h8-9,16H,2-5,7H2,1H3. The molecule has 1 aliphatic carbocycles. The largest absolute Gasteiger partial charge is 0.391 e. The Labute approximate surface area is 94.7 Å². The van der Waals surface area contributed by atoms with Crippen LogP contribution in [0.4, 0.5) is 0 Å². The second-order valence-electron chi connectivity index (χ2n) is 4.42. The fraction of sp³-hybridized carbons (Fsp3) is 0.727. The van der Waals surface area contributed by atoms with E-state index in [-0.39, 0.29) is 0 Å². The molecule has 0 amide bonds. The molecule has 1 aromatic rings. The molecule has 1 atom stereocenters. The average Bonchev–Trinajstić information content (AvgIpc) is 2.48. The van der Waals surface area contributed by atoms with Crippen LogP contribution in [-0.4, -0.2) is 26.2 Å². The molecule has 0 bridgehead atoms. The molecule has 1 aromatic heterocycles. The van der Waals surface area contributed by atoms with Crippen LogP contribution < -0.4 is 0 Å². The number of nitriles is 1. The summed E-state index contributed by atoms with van der Waals surface area (Å²) in [5.41, 5.74) is 1.85. The van der Waals surface area contributed by atoms with Gasteiger partial charge in [-0.3, -0.25) is 0 Å². The van der Waals surface area contributed by atoms with Crippen LogP contribution in [0.25, 0.3) is 0 Å². The maximum Gasteiger partial charge on any atom is 0.100 e. The summed E-state index contributed by atoms with van der Waals surface area (Å²) in [5, 5.41) is 26.2. The van der Waals surface area contributed by atoms with Gasteiger partial charge in [-0.2, -0.15) is 5.26 Å². The van der Waals surface area contributed by atoms with Crippen molar-refractivity contribution < 1.29 is 5.11 Å². The summed E-state index contributed by atoms with van der Waals surface area (Å²) in [5.74, 6) is 0.483. The number of hydrogen-bond donors (Lipinski definition) is 1. The first kappa shape index (κ1) is 11.1. The second-order valence-corrected chi connectivity index (χ2v) is 4.42. The molecular weight excluding hydrogens is 204 g/mol. The van der Waals surface area contributed by atoms with Gasteiger partial charge in [0.25, 0.3) is 0 Å². The van der Waals surface area contributed by atoms with Crippen LogP contribution in [0.2, 0.25) is 0 Å². The zero-order valence-electron chi connectivity index (χ0n) is 9.43. The normalized spacial score (nSPS) is 17.8. The van der Waals surface area contributed by atoms with Gasteiger partial charge in [-0.25, -0.2) is 4.68 Å². The number of aliphatic hydroxyl groups excluding tert-OH is 1. The number of hydrogen-bond acceptors (Lipinski definition) is 4. The summed E-state index contributed by atoms with van der Waals surface area (Å²) >= 11 is 0. The molecule has 16 heavy (non-hydrogen) atoms. The third kappa shape index (κ3) is 2.07. The average molecular weight is 220 g/mol. The summed E-state index contributed by atoms with van der Waals surface area (Å²) in [4.78, 5) is 0. The molecule has 1 N–H and O–H groups in total. The van der Waals surface area contributed by atoms with Crippen LogP contribution in [0, 0.1) is 11.3 Å². The van der Waals surface area contributed by atoms with Crippen molar-refractivity contribution in [1.29, 1.82) is 5.26 Å². The van der Waals surface area contributed by atoms with Crippen molar-refractivity contribution in [3.05, 3.63) is 11.4 Å². The first-order chi connectivity index (χ1) is 7.72. The van der Waals surface area contributed by atoms with Crippen molar-refractivity contribution >= 4 is 0 Å². The Morgan fingerprint density at radius 1 is 1.62 bits per heavy atom. The van der Waals surface area contributed by atoms with Crippen molar-refractivity contribution in [3.63, 3.8) is 0 Å². The Bertz CT molecular complexity index is 401. The van der Waals surface area contributed by atoms with E-state index in [1.807, 2.05) is 0 Å². The molecule has 0 aromatic carbocycles. The van der Waals surface area contributed by atoms with Gasteiger partial charge in [0.05, 0.1) is 30.8 Å². The Kier molecular flexibility index (Phi) is 3.20. The lowest BCUT2D eigenvalue weighted by Crippen LogP contribution is -2.21. The molecule has 0 saturated heterocycles. The Hall–Kier alpha value is -1.41. The lowest BCUT2D eigenvalue weighted by atomic mass is 9.81. The molecule has 86 valence electrons. The molecule has 0 aliphatic heterocycles. The maximum atomic E-state index is 9.39. The topological polar surface area (TPSA) is 74.7 Å². The van der Waals surface area contributed by atoms with Crippen molar-refractivity contribution in [2.75, 3.05) is 0 Å². The van der Waals surface area contributed by atoms with Crippen LogP contribution in [0.1, 0.15) is 43.5 Å². The van der Waals surface area contributed by atoms with E-state index in [0.717, 1.165) is 24.2 Å². The molecule has 5 heteroatoms. The maximum absolute atomic E-state index is 9.39. The van der Waals surface area contributed by atoms with Crippen molar-refractivity contribution in [2.24, 2.45) is 0 Å². The monoisotopic (exact) mass is 220 g/mol. The molecule has 1 unspecified atom stereocenters. The summed E-state index contributed by atoms with van der Waals surface area (Å²) in [6, 6.07) is 2.12. The first-order valence-corrected chi connectivity index (χ1v) is 5.69. The van der Waals surface area contributed by atoms with Crippen LogP contribution in [0.3, 0.4) is 0 Å². The Morgan fingerprint density at radius 3 is 2.88 bits per heavy atom. The van der Waals surface area contributed by atoms with Gasteiger partial charge in [-0.05, 0) is 19.8 Å². The molecule has 1 heterocycles. The van der Waals surface area contributed by atoms with Gasteiger partial charge in [0.15, 0.2) is 0 Å². The molecule has 5 nitrogen and oxygen atoms in total. The third-order valence-corrected chi connectivity index (χ3v) is 3.02. The summed E-state index contributed by atoms with van der Waals surface area (Å²) < 4.78 is 1.77. The number of rotatable bonds is 4. The van der Waals surface area contributed by atoms with Crippen molar-refractivity contribution in [3.8, 4) is 6.07 Å². The van der Waals surface area contributed by atoms with E-state index in [9.17, 15) is 5.11 Å². The van der Waals surface area contributed by atoms with E-state index in [2.05, 4.69) is 16.4 Å². The SMILES string of the molecule is CC(O)Cn1nnc(CC#N)c1C1CCC1. The quantitative estimate of drug-likeness (QED) is 0.821. The molecule has 1 saturated carbocycles. The minimum absolute atomic E-state index is 0.311. The van der Waals surface area contributed by atoms with E-state index in [4.69, 9.17) is 5.26 Å². The van der Waals surface area contributed by atoms with E-state index in [1.54, 1.807) is 11.6 Å². The molecular formula is C11H16N4O. The highest BCUT2D eigenvalue weighted by molar-refractivity contribution is 5.20. The highest BCUT2D eigenvalue weighted by Crippen LogP contribution is 2.37. The molecule has 1 aliphatic rings. The first-order valence-electron chi connectivity index (χ1n) is 5.69. The van der Waals surface area contributed by atoms with E-state index >= 15 is 0 Å². The smallest absolute Gasteiger partial charge is 0.100 e. The Balaban J connectivity index is 2.26. The van der Waals surface area contributed by atoms with Gasteiger partial charge >= 0.3 is 0 Å². The van der Waals surface area contributed by atoms with Crippen molar-refractivity contribution in [2.45, 2.75) is 51.2 Å². The fourth-order valence-electron chi connectivity index (χ4n) is 2.07. The van der Waals surface area contributed by atoms with Crippen LogP contribution in [-0.2, 0) is 13.0 Å². The summed E-state index contributed by atoms with van der Waals surface area (Å²) in [6.45, 7) is 2.19. The zero-order valence-corrected chi connectivity index (χ0v) is 9.43. The van der Waals surface area contributed by atoms with Crippen LogP contribution in [0.15, 0.2) is 0 Å². The van der Waals surface area contributed by atoms with E-state index in [1.165, 1.54) is 6.42 Å². The minimum atomic E-state index is -0.435. The lowest BCUT2D eigenvalue weighted by molar-refractivity contribution is 0.164. The van der Waals surface area contributed by atoms with Gasteiger partial charge in [0.2, 0.25) is 0 Å². The Morgan fingerprint density at radius 2 is 2.38 bits per heavy atom. The van der Waals surface area contributed by atoms with Gasteiger partial charge in [-0.15, -0.1) is 5.10 Å². The van der Waals surface area contributed by atoms with Gasteiger partial charge in [0, 0.05) is 5.92 Å². The highest BCUT2D eigenvalue weighted by Gasteiger charge is 2.27.